The summed E-state index contributed by atoms with van der Waals surface area (Å²) in [5.41, 5.74) is 5.85. The molecule has 0 atom stereocenters. The van der Waals surface area contributed by atoms with Crippen molar-refractivity contribution >= 4 is 34.8 Å². The minimum atomic E-state index is -0.322. The maximum absolute atomic E-state index is 13.3. The second-order valence-electron chi connectivity index (χ2n) is 11.1. The van der Waals surface area contributed by atoms with Crippen molar-refractivity contribution < 1.29 is 14.3 Å². The lowest BCUT2D eigenvalue weighted by Gasteiger charge is -2.23. The Balaban J connectivity index is 1.24. The number of benzene rings is 2. The van der Waals surface area contributed by atoms with E-state index in [0.29, 0.717) is 69.0 Å². The van der Waals surface area contributed by atoms with Crippen LogP contribution in [0.2, 0.25) is 10.0 Å². The normalized spacial score (nSPS) is 15.7. The van der Waals surface area contributed by atoms with E-state index in [0.717, 1.165) is 56.1 Å². The lowest BCUT2D eigenvalue weighted by Crippen LogP contribution is -2.34. The van der Waals surface area contributed by atoms with E-state index >= 15 is 0 Å². The lowest BCUT2D eigenvalue weighted by atomic mass is 10.0. The van der Waals surface area contributed by atoms with E-state index in [1.165, 1.54) is 0 Å². The fourth-order valence-electron chi connectivity index (χ4n) is 5.77. The van der Waals surface area contributed by atoms with Gasteiger partial charge in [0.1, 0.15) is 5.69 Å². The third kappa shape index (κ3) is 6.18. The SMILES string of the molecule is COc1nc(-c2cccc(-c3cccc(NC(=O)c4nc5c(n4C)CCN(C)C5)c3Cl)c2Cl)cnc1CNC1CCOCC1. The maximum atomic E-state index is 13.3. The number of likely N-dealkylation sites (N-methyl/N-ethyl adjacent to an activating group) is 1. The summed E-state index contributed by atoms with van der Waals surface area (Å²) in [6.45, 7) is 3.71. The zero-order valence-electron chi connectivity index (χ0n) is 25.0. The number of amides is 1. The van der Waals surface area contributed by atoms with Crippen LogP contribution in [0.5, 0.6) is 5.88 Å². The highest BCUT2D eigenvalue weighted by molar-refractivity contribution is 6.39. The van der Waals surface area contributed by atoms with Gasteiger partial charge in [-0.25, -0.2) is 9.97 Å². The molecule has 0 radical (unpaired) electrons. The van der Waals surface area contributed by atoms with Crippen LogP contribution >= 0.6 is 23.2 Å². The van der Waals surface area contributed by atoms with Crippen LogP contribution in [0.4, 0.5) is 5.69 Å². The number of rotatable bonds is 8. The van der Waals surface area contributed by atoms with Gasteiger partial charge in [0, 0.05) is 74.7 Å². The number of methoxy groups -OCH3 is 1. The summed E-state index contributed by atoms with van der Waals surface area (Å²) in [4.78, 5) is 29.6. The molecule has 0 unspecified atom stereocenters. The van der Waals surface area contributed by atoms with Crippen LogP contribution < -0.4 is 15.4 Å². The Bertz CT molecular complexity index is 1690. The number of carbonyl (C=O) groups excluding carboxylic acids is 1. The molecule has 6 rings (SSSR count). The molecule has 0 saturated carbocycles. The Morgan fingerprint density at radius 3 is 2.55 bits per heavy atom. The first kappa shape index (κ1) is 30.5. The number of halogens is 2. The van der Waals surface area contributed by atoms with Gasteiger partial charge in [0.05, 0.1) is 40.4 Å². The molecule has 1 saturated heterocycles. The summed E-state index contributed by atoms with van der Waals surface area (Å²) in [5.74, 6) is 0.469. The standard InChI is InChI=1S/C32H35Cl2N7O3/c1-40-13-10-27-26(18-40)37-30(41(27)2)31(42)38-23-9-5-7-21(29(23)34)20-6-4-8-22(28(20)33)24-16-36-25(32(39-24)43-3)17-35-19-11-14-44-15-12-19/h4-9,16,19,35H,10-15,17-18H2,1-3H3,(H,38,42). The van der Waals surface area contributed by atoms with E-state index in [1.807, 2.05) is 49.0 Å². The molecular formula is C32H35Cl2N7O3. The first-order valence-corrected chi connectivity index (χ1v) is 15.4. The number of nitrogens with zero attached hydrogens (tertiary/aromatic N) is 5. The number of anilines is 1. The monoisotopic (exact) mass is 635 g/mol. The van der Waals surface area contributed by atoms with E-state index in [1.54, 1.807) is 19.4 Å². The van der Waals surface area contributed by atoms with Gasteiger partial charge in [0.25, 0.3) is 5.91 Å². The lowest BCUT2D eigenvalue weighted by molar-refractivity contribution is 0.0774. The molecule has 2 aliphatic heterocycles. The molecular weight excluding hydrogens is 601 g/mol. The minimum absolute atomic E-state index is 0.322. The van der Waals surface area contributed by atoms with Crippen molar-refractivity contribution in [2.24, 2.45) is 7.05 Å². The Morgan fingerprint density at radius 1 is 1.05 bits per heavy atom. The highest BCUT2D eigenvalue weighted by atomic mass is 35.5. The van der Waals surface area contributed by atoms with Crippen LogP contribution in [0.1, 0.15) is 40.5 Å². The number of hydrogen-bond acceptors (Lipinski definition) is 8. The number of hydrogen-bond donors (Lipinski definition) is 2. The predicted octanol–water partition coefficient (Wildman–Crippen LogP) is 5.37. The second-order valence-corrected chi connectivity index (χ2v) is 11.9. The van der Waals surface area contributed by atoms with Gasteiger partial charge in [0.2, 0.25) is 5.88 Å². The summed E-state index contributed by atoms with van der Waals surface area (Å²) in [6.07, 6.45) is 4.48. The quantitative estimate of drug-likeness (QED) is 0.266. The molecule has 12 heteroatoms. The summed E-state index contributed by atoms with van der Waals surface area (Å²) in [7, 11) is 5.51. The van der Waals surface area contributed by atoms with Crippen molar-refractivity contribution in [1.82, 2.24) is 29.7 Å². The molecule has 2 aliphatic rings. The number of fused-ring (bicyclic) bond motifs is 1. The largest absolute Gasteiger partial charge is 0.480 e. The van der Waals surface area contributed by atoms with Crippen LogP contribution in [0, 0.1) is 0 Å². The van der Waals surface area contributed by atoms with Crippen molar-refractivity contribution in [3.8, 4) is 28.3 Å². The topological polar surface area (TPSA) is 106 Å². The van der Waals surface area contributed by atoms with Gasteiger partial charge in [-0.05, 0) is 26.0 Å². The van der Waals surface area contributed by atoms with Crippen LogP contribution in [0.3, 0.4) is 0 Å². The predicted molar refractivity (Wildman–Crippen MR) is 171 cm³/mol. The van der Waals surface area contributed by atoms with Crippen molar-refractivity contribution in [2.45, 2.75) is 38.4 Å². The number of nitrogens with one attached hydrogen (secondary N) is 2. The van der Waals surface area contributed by atoms with Crippen molar-refractivity contribution in [2.75, 3.05) is 39.2 Å². The average Bonchev–Trinajstić information content (AvgIpc) is 3.37. The van der Waals surface area contributed by atoms with Gasteiger partial charge < -0.3 is 29.6 Å². The van der Waals surface area contributed by atoms with Crippen LogP contribution in [0.25, 0.3) is 22.4 Å². The molecule has 44 heavy (non-hydrogen) atoms. The molecule has 1 amide bonds. The zero-order chi connectivity index (χ0) is 30.8. The van der Waals surface area contributed by atoms with E-state index < -0.39 is 0 Å². The second kappa shape index (κ2) is 13.2. The molecule has 2 N–H and O–H groups in total. The van der Waals surface area contributed by atoms with E-state index in [-0.39, 0.29) is 5.91 Å². The van der Waals surface area contributed by atoms with E-state index in [9.17, 15) is 4.79 Å². The van der Waals surface area contributed by atoms with Crippen molar-refractivity contribution in [3.05, 3.63) is 75.5 Å². The van der Waals surface area contributed by atoms with Gasteiger partial charge in [-0.15, -0.1) is 0 Å². The highest BCUT2D eigenvalue weighted by Gasteiger charge is 2.25. The molecule has 10 nitrogen and oxygen atoms in total. The Morgan fingerprint density at radius 2 is 1.77 bits per heavy atom. The van der Waals surface area contributed by atoms with Gasteiger partial charge in [-0.3, -0.25) is 9.78 Å². The third-order valence-electron chi connectivity index (χ3n) is 8.25. The van der Waals surface area contributed by atoms with Gasteiger partial charge >= 0.3 is 0 Å². The Labute approximate surface area is 266 Å². The van der Waals surface area contributed by atoms with Crippen molar-refractivity contribution in [3.63, 3.8) is 0 Å². The summed E-state index contributed by atoms with van der Waals surface area (Å²) in [6, 6.07) is 11.5. The molecule has 2 aromatic carbocycles. The van der Waals surface area contributed by atoms with Crippen LogP contribution in [0.15, 0.2) is 42.6 Å². The van der Waals surface area contributed by atoms with Gasteiger partial charge in [-0.2, -0.15) is 0 Å². The third-order valence-corrected chi connectivity index (χ3v) is 9.06. The van der Waals surface area contributed by atoms with E-state index in [4.69, 9.17) is 37.7 Å². The Hall–Kier alpha value is -3.54. The molecule has 4 aromatic rings. The molecule has 4 heterocycles. The smallest absolute Gasteiger partial charge is 0.291 e. The number of carbonyl (C=O) groups is 1. The highest BCUT2D eigenvalue weighted by Crippen LogP contribution is 2.41. The fourth-order valence-corrected chi connectivity index (χ4v) is 6.37. The Kier molecular flexibility index (Phi) is 9.16. The molecule has 0 spiro atoms. The zero-order valence-corrected chi connectivity index (χ0v) is 26.5. The van der Waals surface area contributed by atoms with Gasteiger partial charge in [0.15, 0.2) is 5.82 Å². The summed E-state index contributed by atoms with van der Waals surface area (Å²) < 4.78 is 12.9. The fraction of sp³-hybridized carbons (Fsp3) is 0.375. The maximum Gasteiger partial charge on any atom is 0.291 e. The first-order chi connectivity index (χ1) is 21.3. The van der Waals surface area contributed by atoms with Crippen LogP contribution in [-0.4, -0.2) is 70.3 Å². The minimum Gasteiger partial charge on any atom is -0.480 e. The molecule has 0 bridgehead atoms. The summed E-state index contributed by atoms with van der Waals surface area (Å²) >= 11 is 13.9. The first-order valence-electron chi connectivity index (χ1n) is 14.7. The van der Waals surface area contributed by atoms with Crippen LogP contribution in [-0.2, 0) is 31.3 Å². The average molecular weight is 637 g/mol. The molecule has 1 fully saturated rings. The number of imidazole rings is 1. The molecule has 0 aliphatic carbocycles. The summed E-state index contributed by atoms with van der Waals surface area (Å²) in [5, 5.41) is 7.32. The molecule has 230 valence electrons. The number of aromatic nitrogens is 4. The molecule has 2 aromatic heterocycles. The van der Waals surface area contributed by atoms with E-state index in [2.05, 4.69) is 25.5 Å². The number of ether oxygens (including phenoxy) is 2. The van der Waals surface area contributed by atoms with Gasteiger partial charge in [-0.1, -0.05) is 53.5 Å². The van der Waals surface area contributed by atoms with Crippen molar-refractivity contribution in [1.29, 1.82) is 0 Å².